The number of amides is 1. The average Bonchev–Trinajstić information content (AvgIpc) is 2.77. The lowest BCUT2D eigenvalue weighted by molar-refractivity contribution is -0.141. The Morgan fingerprint density at radius 1 is 1.09 bits per heavy atom. The number of nitrogens with zero attached hydrogens (tertiary/aromatic N) is 1. The molecular formula is C23H19F4N3O4S. The number of carbonyl (C=O) groups is 1. The monoisotopic (exact) mass is 509 g/mol. The highest BCUT2D eigenvalue weighted by molar-refractivity contribution is 7.92. The summed E-state index contributed by atoms with van der Waals surface area (Å²) in [6.07, 6.45) is -1.50. The van der Waals surface area contributed by atoms with Crippen LogP contribution in [-0.4, -0.2) is 25.6 Å². The normalized spacial score (nSPS) is 11.9. The molecule has 0 bridgehead atoms. The Hall–Kier alpha value is -3.93. The fraction of sp³-hybridized carbons (Fsp3) is 0.130. The van der Waals surface area contributed by atoms with Crippen molar-refractivity contribution in [2.75, 3.05) is 11.0 Å². The highest BCUT2D eigenvalue weighted by Crippen LogP contribution is 2.32. The first-order chi connectivity index (χ1) is 16.4. The van der Waals surface area contributed by atoms with E-state index >= 15 is 0 Å². The number of sulfonamides is 1. The van der Waals surface area contributed by atoms with Crippen molar-refractivity contribution in [2.24, 2.45) is 0 Å². The first-order valence-electron chi connectivity index (χ1n) is 9.94. The molecule has 0 aliphatic carbocycles. The largest absolute Gasteiger partial charge is 0.438 e. The summed E-state index contributed by atoms with van der Waals surface area (Å²) in [6, 6.07) is 13.7. The predicted molar refractivity (Wildman–Crippen MR) is 122 cm³/mol. The van der Waals surface area contributed by atoms with Gasteiger partial charge in [-0.2, -0.15) is 13.2 Å². The van der Waals surface area contributed by atoms with Crippen LogP contribution in [0.1, 0.15) is 16.8 Å². The second-order valence-electron chi connectivity index (χ2n) is 7.24. The third-order valence-corrected chi connectivity index (χ3v) is 4.94. The number of halogens is 4. The number of carbonyl (C=O) groups excluding carboxylic acids is 1. The van der Waals surface area contributed by atoms with Crippen LogP contribution in [0.5, 0.6) is 11.6 Å². The van der Waals surface area contributed by atoms with Crippen LogP contribution in [0.3, 0.4) is 0 Å². The Bertz CT molecular complexity index is 1340. The number of pyridine rings is 1. The molecule has 1 aromatic heterocycles. The highest BCUT2D eigenvalue weighted by atomic mass is 32.2. The first kappa shape index (κ1) is 25.7. The van der Waals surface area contributed by atoms with Crippen molar-refractivity contribution >= 4 is 27.7 Å². The summed E-state index contributed by atoms with van der Waals surface area (Å²) < 4.78 is 83.3. The van der Waals surface area contributed by atoms with Gasteiger partial charge in [0, 0.05) is 18.2 Å². The third-order valence-electron chi connectivity index (χ3n) is 4.35. The Morgan fingerprint density at radius 2 is 1.80 bits per heavy atom. The van der Waals surface area contributed by atoms with Crippen LogP contribution in [0.2, 0.25) is 0 Å². The summed E-state index contributed by atoms with van der Waals surface area (Å²) in [5.74, 6) is -1.52. The van der Waals surface area contributed by atoms with E-state index in [4.69, 9.17) is 4.74 Å². The zero-order valence-corrected chi connectivity index (χ0v) is 19.0. The molecule has 2 aromatic carbocycles. The van der Waals surface area contributed by atoms with Crippen molar-refractivity contribution in [2.45, 2.75) is 12.7 Å². The number of hydrogen-bond donors (Lipinski definition) is 2. The molecule has 12 heteroatoms. The SMILES string of the molecule is CS(=O)(=O)Nc1ccc(CNC(=O)/C=C\c2ccc(C(F)(F)F)nc2Oc2ccccc2)cc1F. The number of aromatic nitrogens is 1. The molecule has 0 saturated heterocycles. The summed E-state index contributed by atoms with van der Waals surface area (Å²) in [6.45, 7) is -0.0854. The van der Waals surface area contributed by atoms with Gasteiger partial charge >= 0.3 is 6.18 Å². The van der Waals surface area contributed by atoms with Gasteiger partial charge in [0.15, 0.2) is 0 Å². The lowest BCUT2D eigenvalue weighted by Gasteiger charge is -2.11. The van der Waals surface area contributed by atoms with Crippen LogP contribution >= 0.6 is 0 Å². The van der Waals surface area contributed by atoms with Crippen LogP contribution in [0.4, 0.5) is 23.2 Å². The van der Waals surface area contributed by atoms with Gasteiger partial charge < -0.3 is 10.1 Å². The third kappa shape index (κ3) is 7.81. The van der Waals surface area contributed by atoms with Crippen LogP contribution in [0.25, 0.3) is 6.08 Å². The maximum Gasteiger partial charge on any atom is 0.433 e. The van der Waals surface area contributed by atoms with E-state index in [9.17, 15) is 30.8 Å². The van der Waals surface area contributed by atoms with Gasteiger partial charge in [0.05, 0.1) is 11.9 Å². The zero-order chi connectivity index (χ0) is 25.6. The molecule has 35 heavy (non-hydrogen) atoms. The van der Waals surface area contributed by atoms with Gasteiger partial charge in [-0.1, -0.05) is 24.3 Å². The number of rotatable bonds is 8. The number of ether oxygens (including phenoxy) is 1. The molecule has 0 saturated carbocycles. The second kappa shape index (κ2) is 10.6. The van der Waals surface area contributed by atoms with Crippen LogP contribution < -0.4 is 14.8 Å². The number of alkyl halides is 3. The van der Waals surface area contributed by atoms with Gasteiger partial charge in [-0.05, 0) is 48.0 Å². The van der Waals surface area contributed by atoms with E-state index < -0.39 is 33.6 Å². The predicted octanol–water partition coefficient (Wildman–Crippen LogP) is 4.73. The molecule has 0 unspecified atom stereocenters. The van der Waals surface area contributed by atoms with Crippen molar-refractivity contribution < 1.29 is 35.5 Å². The molecule has 1 amide bonds. The van der Waals surface area contributed by atoms with Gasteiger partial charge in [0.1, 0.15) is 17.3 Å². The summed E-state index contributed by atoms with van der Waals surface area (Å²) in [4.78, 5) is 15.7. The maximum atomic E-state index is 14.1. The molecule has 3 aromatic rings. The van der Waals surface area contributed by atoms with Gasteiger partial charge in [-0.25, -0.2) is 17.8 Å². The number of nitrogens with one attached hydrogen (secondary N) is 2. The molecule has 184 valence electrons. The minimum Gasteiger partial charge on any atom is -0.438 e. The van der Waals surface area contributed by atoms with Crippen LogP contribution in [0, 0.1) is 5.82 Å². The fourth-order valence-electron chi connectivity index (χ4n) is 2.78. The van der Waals surface area contributed by atoms with E-state index in [1.807, 2.05) is 4.72 Å². The average molecular weight is 509 g/mol. The number of anilines is 1. The summed E-state index contributed by atoms with van der Waals surface area (Å²) in [7, 11) is -3.65. The van der Waals surface area contributed by atoms with Crippen molar-refractivity contribution in [1.82, 2.24) is 10.3 Å². The lowest BCUT2D eigenvalue weighted by Crippen LogP contribution is -2.20. The number of benzene rings is 2. The summed E-state index contributed by atoms with van der Waals surface area (Å²) in [5, 5.41) is 2.50. The molecule has 0 spiro atoms. The topological polar surface area (TPSA) is 97.4 Å². The fourth-order valence-corrected chi connectivity index (χ4v) is 3.35. The molecule has 0 aliphatic rings. The standard InChI is InChI=1S/C23H19F4N3O4S/c1-35(32,33)30-19-10-7-15(13-18(19)24)14-28-21(31)12-9-16-8-11-20(23(25,26)27)29-22(16)34-17-5-3-2-4-6-17/h2-13,30H,14H2,1H3,(H,28,31)/b12-9-. The van der Waals surface area contributed by atoms with Crippen LogP contribution in [-0.2, 0) is 27.5 Å². The minimum atomic E-state index is -4.68. The number of para-hydroxylation sites is 1. The van der Waals surface area contributed by atoms with Crippen molar-refractivity contribution in [3.05, 3.63) is 89.4 Å². The first-order valence-corrected chi connectivity index (χ1v) is 11.8. The van der Waals surface area contributed by atoms with Crippen molar-refractivity contribution in [3.63, 3.8) is 0 Å². The zero-order valence-electron chi connectivity index (χ0n) is 18.1. The molecule has 2 N–H and O–H groups in total. The van der Waals surface area contributed by atoms with E-state index in [0.29, 0.717) is 5.56 Å². The molecule has 1 heterocycles. The Kier molecular flexibility index (Phi) is 7.75. The molecule has 3 rings (SSSR count). The van der Waals surface area contributed by atoms with Gasteiger partial charge in [-0.15, -0.1) is 0 Å². The summed E-state index contributed by atoms with van der Waals surface area (Å²) in [5.41, 5.74) is -0.907. The quantitative estimate of drug-likeness (QED) is 0.338. The highest BCUT2D eigenvalue weighted by Gasteiger charge is 2.33. The Balaban J connectivity index is 1.71. The molecule has 0 fully saturated rings. The van der Waals surface area contributed by atoms with E-state index in [2.05, 4.69) is 10.3 Å². The smallest absolute Gasteiger partial charge is 0.433 e. The molecule has 7 nitrogen and oxygen atoms in total. The molecular weight excluding hydrogens is 490 g/mol. The second-order valence-corrected chi connectivity index (χ2v) is 8.99. The summed E-state index contributed by atoms with van der Waals surface area (Å²) >= 11 is 0. The number of hydrogen-bond acceptors (Lipinski definition) is 5. The Labute approximate surface area is 198 Å². The Morgan fingerprint density at radius 3 is 2.43 bits per heavy atom. The van der Waals surface area contributed by atoms with Gasteiger partial charge in [0.25, 0.3) is 0 Å². The lowest BCUT2D eigenvalue weighted by atomic mass is 10.2. The van der Waals surface area contributed by atoms with E-state index in [0.717, 1.165) is 30.5 Å². The van der Waals surface area contributed by atoms with Crippen LogP contribution in [0.15, 0.2) is 66.7 Å². The van der Waals surface area contributed by atoms with E-state index in [1.54, 1.807) is 18.2 Å². The van der Waals surface area contributed by atoms with Crippen molar-refractivity contribution in [3.8, 4) is 11.6 Å². The van der Waals surface area contributed by atoms with Gasteiger partial charge in [0.2, 0.25) is 21.8 Å². The van der Waals surface area contributed by atoms with Crippen molar-refractivity contribution in [1.29, 1.82) is 0 Å². The van der Waals surface area contributed by atoms with Gasteiger partial charge in [-0.3, -0.25) is 9.52 Å². The van der Waals surface area contributed by atoms with E-state index in [1.165, 1.54) is 30.3 Å². The molecule has 0 aliphatic heterocycles. The molecule has 0 atom stereocenters. The van der Waals surface area contributed by atoms with E-state index in [-0.39, 0.29) is 29.4 Å². The maximum absolute atomic E-state index is 14.1. The molecule has 0 radical (unpaired) electrons. The minimum absolute atomic E-state index is 0.0854.